The van der Waals surface area contributed by atoms with Crippen molar-refractivity contribution >= 4 is 16.1 Å². The van der Waals surface area contributed by atoms with Crippen LogP contribution in [-0.2, 0) is 19.5 Å². The highest BCUT2D eigenvalue weighted by Crippen LogP contribution is 2.15. The van der Waals surface area contributed by atoms with Gasteiger partial charge in [-0.1, -0.05) is 0 Å². The van der Waals surface area contributed by atoms with Gasteiger partial charge in [-0.2, -0.15) is 0 Å². The van der Waals surface area contributed by atoms with Gasteiger partial charge in [-0.3, -0.25) is 0 Å². The van der Waals surface area contributed by atoms with E-state index >= 15 is 0 Å². The molecule has 0 atom stereocenters. The molecule has 2 N–H and O–H groups in total. The molecule has 1 aromatic carbocycles. The maximum Gasteiger partial charge on any atom is 0.422 e. The van der Waals surface area contributed by atoms with E-state index in [2.05, 4.69) is 4.74 Å². The Bertz CT molecular complexity index is 528. The number of rotatable bonds is 7. The second-order valence-electron chi connectivity index (χ2n) is 3.53. The van der Waals surface area contributed by atoms with E-state index in [0.29, 0.717) is 19.0 Å². The molecule has 1 rings (SSSR count). The summed E-state index contributed by atoms with van der Waals surface area (Å²) >= 11 is 0. The predicted octanol–water partition coefficient (Wildman–Crippen LogP) is 0.261. The zero-order chi connectivity index (χ0) is 15.0. The van der Waals surface area contributed by atoms with Crippen LogP contribution in [0.25, 0.3) is 0 Å². The molecule has 1 aromatic rings. The van der Waals surface area contributed by atoms with Crippen molar-refractivity contribution in [2.75, 3.05) is 27.4 Å². The van der Waals surface area contributed by atoms with Crippen molar-refractivity contribution in [2.24, 2.45) is 0 Å². The van der Waals surface area contributed by atoms with Crippen LogP contribution < -0.4 is 15.0 Å². The van der Waals surface area contributed by atoms with E-state index in [4.69, 9.17) is 9.47 Å². The van der Waals surface area contributed by atoms with Gasteiger partial charge in [0.25, 0.3) is 10.0 Å². The fourth-order valence-electron chi connectivity index (χ4n) is 1.18. The second kappa shape index (κ2) is 7.68. The third-order valence-corrected chi connectivity index (χ3v) is 3.43. The highest BCUT2D eigenvalue weighted by molar-refractivity contribution is 7.89. The van der Waals surface area contributed by atoms with Gasteiger partial charge in [0, 0.05) is 7.11 Å². The van der Waals surface area contributed by atoms with Gasteiger partial charge in [0.05, 0.1) is 18.6 Å². The number of amides is 1. The molecular formula is C11H16N2O6S. The van der Waals surface area contributed by atoms with Crippen molar-refractivity contribution in [3.8, 4) is 5.75 Å². The lowest BCUT2D eigenvalue weighted by atomic mass is 10.3. The number of benzene rings is 1. The SMILES string of the molecule is COCCOc1ccc(S(=O)(=O)NNC(=O)OC)cc1. The van der Waals surface area contributed by atoms with E-state index in [-0.39, 0.29) is 4.90 Å². The summed E-state index contributed by atoms with van der Waals surface area (Å²) in [5.41, 5.74) is 1.88. The van der Waals surface area contributed by atoms with Gasteiger partial charge in [0.2, 0.25) is 0 Å². The van der Waals surface area contributed by atoms with E-state index in [1.807, 2.05) is 10.3 Å². The molecule has 8 nitrogen and oxygen atoms in total. The minimum atomic E-state index is -3.85. The first-order valence-corrected chi connectivity index (χ1v) is 7.05. The molecule has 112 valence electrons. The molecule has 0 aliphatic carbocycles. The van der Waals surface area contributed by atoms with Crippen LogP contribution in [0.15, 0.2) is 29.2 Å². The number of carbonyl (C=O) groups excluding carboxylic acids is 1. The van der Waals surface area contributed by atoms with Crippen LogP contribution in [0.1, 0.15) is 0 Å². The molecule has 0 spiro atoms. The van der Waals surface area contributed by atoms with Crippen molar-refractivity contribution < 1.29 is 27.4 Å². The Kier molecular flexibility index (Phi) is 6.22. The first-order valence-electron chi connectivity index (χ1n) is 5.57. The van der Waals surface area contributed by atoms with Crippen LogP contribution in [0.4, 0.5) is 4.79 Å². The topological polar surface area (TPSA) is 103 Å². The average molecular weight is 304 g/mol. The number of sulfonamides is 1. The number of hydrazine groups is 1. The Balaban J connectivity index is 2.64. The highest BCUT2D eigenvalue weighted by atomic mass is 32.2. The van der Waals surface area contributed by atoms with Crippen LogP contribution in [-0.4, -0.2) is 41.9 Å². The van der Waals surface area contributed by atoms with Crippen molar-refractivity contribution in [3.05, 3.63) is 24.3 Å². The van der Waals surface area contributed by atoms with Gasteiger partial charge in [-0.05, 0) is 24.3 Å². The second-order valence-corrected chi connectivity index (χ2v) is 5.22. The standard InChI is InChI=1S/C11H16N2O6S/c1-17-7-8-19-9-3-5-10(6-4-9)20(15,16)13-12-11(14)18-2/h3-6,13H,7-8H2,1-2H3,(H,12,14). The predicted molar refractivity (Wildman–Crippen MR) is 69.7 cm³/mol. The highest BCUT2D eigenvalue weighted by Gasteiger charge is 2.15. The maximum atomic E-state index is 11.8. The summed E-state index contributed by atoms with van der Waals surface area (Å²) in [6, 6.07) is 5.71. The molecule has 0 bridgehead atoms. The van der Waals surface area contributed by atoms with Crippen LogP contribution in [0, 0.1) is 0 Å². The first-order chi connectivity index (χ1) is 9.49. The zero-order valence-electron chi connectivity index (χ0n) is 11.1. The summed E-state index contributed by atoms with van der Waals surface area (Å²) in [4.78, 5) is 12.7. The van der Waals surface area contributed by atoms with E-state index in [1.54, 1.807) is 7.11 Å². The van der Waals surface area contributed by atoms with Crippen LogP contribution in [0.5, 0.6) is 5.75 Å². The lowest BCUT2D eigenvalue weighted by molar-refractivity contribution is 0.146. The summed E-state index contributed by atoms with van der Waals surface area (Å²) in [6.07, 6.45) is -0.909. The summed E-state index contributed by atoms with van der Waals surface area (Å²) in [7, 11) is -1.17. The smallest absolute Gasteiger partial charge is 0.422 e. The lowest BCUT2D eigenvalue weighted by Gasteiger charge is -2.09. The lowest BCUT2D eigenvalue weighted by Crippen LogP contribution is -2.41. The van der Waals surface area contributed by atoms with E-state index in [0.717, 1.165) is 7.11 Å². The first kappa shape index (κ1) is 16.2. The summed E-state index contributed by atoms with van der Waals surface area (Å²) < 4.78 is 37.9. The molecule has 0 radical (unpaired) electrons. The van der Waals surface area contributed by atoms with Gasteiger partial charge in [-0.15, -0.1) is 4.83 Å². The molecular weight excluding hydrogens is 288 g/mol. The van der Waals surface area contributed by atoms with Crippen molar-refractivity contribution in [1.29, 1.82) is 0 Å². The molecule has 0 aromatic heterocycles. The van der Waals surface area contributed by atoms with Crippen LogP contribution in [0.2, 0.25) is 0 Å². The third kappa shape index (κ3) is 5.03. The van der Waals surface area contributed by atoms with Crippen molar-refractivity contribution in [2.45, 2.75) is 4.90 Å². The number of ether oxygens (including phenoxy) is 3. The zero-order valence-corrected chi connectivity index (χ0v) is 11.9. The van der Waals surface area contributed by atoms with E-state index in [9.17, 15) is 13.2 Å². The van der Waals surface area contributed by atoms with Gasteiger partial charge >= 0.3 is 6.09 Å². The molecule has 0 unspecified atom stereocenters. The Morgan fingerprint density at radius 1 is 1.15 bits per heavy atom. The van der Waals surface area contributed by atoms with Gasteiger partial charge in [-0.25, -0.2) is 18.6 Å². The van der Waals surface area contributed by atoms with E-state index < -0.39 is 16.1 Å². The largest absolute Gasteiger partial charge is 0.491 e. The molecule has 0 saturated carbocycles. The molecule has 0 saturated heterocycles. The molecule has 0 heterocycles. The minimum absolute atomic E-state index is 0.0204. The molecule has 0 fully saturated rings. The molecule has 0 aliphatic rings. The summed E-state index contributed by atoms with van der Waals surface area (Å²) in [5.74, 6) is 0.516. The summed E-state index contributed by atoms with van der Waals surface area (Å²) in [5, 5.41) is 0. The summed E-state index contributed by atoms with van der Waals surface area (Å²) in [6.45, 7) is 0.801. The fraction of sp³-hybridized carbons (Fsp3) is 0.364. The fourth-order valence-corrected chi connectivity index (χ4v) is 2.01. The van der Waals surface area contributed by atoms with Gasteiger partial charge in [0.15, 0.2) is 0 Å². The van der Waals surface area contributed by atoms with Gasteiger partial charge < -0.3 is 14.2 Å². The number of hydrogen-bond acceptors (Lipinski definition) is 6. The van der Waals surface area contributed by atoms with Gasteiger partial charge in [0.1, 0.15) is 12.4 Å². The average Bonchev–Trinajstić information content (AvgIpc) is 2.45. The number of hydrogen-bond donors (Lipinski definition) is 2. The number of nitrogens with one attached hydrogen (secondary N) is 2. The number of methoxy groups -OCH3 is 2. The monoisotopic (exact) mass is 304 g/mol. The third-order valence-electron chi connectivity index (χ3n) is 2.16. The normalized spacial score (nSPS) is 10.9. The maximum absolute atomic E-state index is 11.8. The molecule has 20 heavy (non-hydrogen) atoms. The Morgan fingerprint density at radius 2 is 1.80 bits per heavy atom. The number of carbonyl (C=O) groups is 1. The van der Waals surface area contributed by atoms with Crippen molar-refractivity contribution in [1.82, 2.24) is 10.3 Å². The minimum Gasteiger partial charge on any atom is -0.491 e. The Labute approximate surface area is 117 Å². The molecule has 9 heteroatoms. The molecule has 1 amide bonds. The van der Waals surface area contributed by atoms with Crippen molar-refractivity contribution in [3.63, 3.8) is 0 Å². The van der Waals surface area contributed by atoms with Crippen LogP contribution in [0.3, 0.4) is 0 Å². The van der Waals surface area contributed by atoms with E-state index in [1.165, 1.54) is 24.3 Å². The Morgan fingerprint density at radius 3 is 2.35 bits per heavy atom. The Hall–Kier alpha value is -1.84. The molecule has 0 aliphatic heterocycles. The quantitative estimate of drug-likeness (QED) is 0.553. The van der Waals surface area contributed by atoms with Crippen LogP contribution >= 0.6 is 0 Å².